The van der Waals surface area contributed by atoms with E-state index in [-0.39, 0.29) is 11.7 Å². The largest absolute Gasteiger partial charge is 0.337 e. The summed E-state index contributed by atoms with van der Waals surface area (Å²) in [6.45, 7) is 5.55. The van der Waals surface area contributed by atoms with Gasteiger partial charge >= 0.3 is 0 Å². The molecule has 0 saturated carbocycles. The molecule has 0 aliphatic carbocycles. The summed E-state index contributed by atoms with van der Waals surface area (Å²) in [5.41, 5.74) is 4.36. The fourth-order valence-corrected chi connectivity index (χ4v) is 3.82. The van der Waals surface area contributed by atoms with Crippen molar-refractivity contribution in [2.45, 2.75) is 33.1 Å². The lowest BCUT2D eigenvalue weighted by atomic mass is 10.1. The number of aromatic nitrogens is 2. The van der Waals surface area contributed by atoms with E-state index in [4.69, 9.17) is 0 Å². The van der Waals surface area contributed by atoms with Crippen LogP contribution in [-0.2, 0) is 0 Å². The van der Waals surface area contributed by atoms with Crippen molar-refractivity contribution in [1.29, 1.82) is 0 Å². The van der Waals surface area contributed by atoms with E-state index in [2.05, 4.69) is 11.2 Å². The van der Waals surface area contributed by atoms with Crippen LogP contribution in [0.2, 0.25) is 0 Å². The number of carbonyl (C=O) groups excluding carboxylic acids is 1. The molecule has 2 heterocycles. The van der Waals surface area contributed by atoms with Crippen molar-refractivity contribution in [3.63, 3.8) is 0 Å². The molecule has 1 aliphatic rings. The minimum atomic E-state index is -0.343. The maximum absolute atomic E-state index is 14.4. The predicted molar refractivity (Wildman–Crippen MR) is 108 cm³/mol. The number of rotatable bonds is 3. The van der Waals surface area contributed by atoms with Gasteiger partial charge in [0.15, 0.2) is 0 Å². The summed E-state index contributed by atoms with van der Waals surface area (Å²) >= 11 is 0. The molecule has 1 fully saturated rings. The van der Waals surface area contributed by atoms with Gasteiger partial charge in [-0.05, 0) is 62.9 Å². The zero-order valence-electron chi connectivity index (χ0n) is 16.3. The Bertz CT molecular complexity index is 1020. The van der Waals surface area contributed by atoms with Crippen LogP contribution < -0.4 is 0 Å². The first-order valence-electron chi connectivity index (χ1n) is 9.76. The van der Waals surface area contributed by atoms with E-state index in [9.17, 15) is 9.18 Å². The van der Waals surface area contributed by atoms with Crippen molar-refractivity contribution < 1.29 is 9.18 Å². The maximum atomic E-state index is 14.4. The van der Waals surface area contributed by atoms with Crippen molar-refractivity contribution in [3.8, 4) is 16.9 Å². The summed E-state index contributed by atoms with van der Waals surface area (Å²) < 4.78 is 16.0. The number of likely N-dealkylation sites (tertiary alicyclic amines) is 1. The Labute approximate surface area is 164 Å². The average Bonchev–Trinajstić information content (AvgIpc) is 3.13. The van der Waals surface area contributed by atoms with Gasteiger partial charge in [-0.15, -0.1) is 0 Å². The standard InChI is InChI=1S/C23H24FN3O/c1-16-10-11-21(17(2)14-16)27-22(23(28)26-12-6-3-7-13-26)15-20(25-27)18-8-4-5-9-19(18)24/h4-5,8-11,14-15H,3,6-7,12-13H2,1-2H3. The number of amides is 1. The lowest BCUT2D eigenvalue weighted by Crippen LogP contribution is -2.36. The first kappa shape index (κ1) is 18.4. The van der Waals surface area contributed by atoms with Gasteiger partial charge in [0, 0.05) is 18.7 Å². The normalized spacial score (nSPS) is 14.3. The van der Waals surface area contributed by atoms with Gasteiger partial charge in [-0.1, -0.05) is 29.8 Å². The van der Waals surface area contributed by atoms with Crippen molar-refractivity contribution >= 4 is 5.91 Å². The second kappa shape index (κ2) is 7.58. The van der Waals surface area contributed by atoms with Gasteiger partial charge in [0.25, 0.3) is 5.91 Å². The molecule has 1 saturated heterocycles. The summed E-state index contributed by atoms with van der Waals surface area (Å²) in [4.78, 5) is 15.2. The van der Waals surface area contributed by atoms with Gasteiger partial charge in [-0.2, -0.15) is 5.10 Å². The Morgan fingerprint density at radius 2 is 1.75 bits per heavy atom. The number of halogens is 1. The van der Waals surface area contributed by atoms with Crippen LogP contribution in [0.1, 0.15) is 40.9 Å². The monoisotopic (exact) mass is 377 g/mol. The van der Waals surface area contributed by atoms with Crippen molar-refractivity contribution in [3.05, 3.63) is 71.2 Å². The van der Waals surface area contributed by atoms with Crippen LogP contribution in [0.3, 0.4) is 0 Å². The maximum Gasteiger partial charge on any atom is 0.272 e. The molecular formula is C23H24FN3O. The molecule has 0 radical (unpaired) electrons. The van der Waals surface area contributed by atoms with E-state index in [1.54, 1.807) is 28.9 Å². The van der Waals surface area contributed by atoms with Crippen LogP contribution in [0.25, 0.3) is 16.9 Å². The molecule has 144 valence electrons. The number of nitrogens with zero attached hydrogens (tertiary/aromatic N) is 3. The van der Waals surface area contributed by atoms with Crippen LogP contribution in [0.5, 0.6) is 0 Å². The molecular weight excluding hydrogens is 353 g/mol. The topological polar surface area (TPSA) is 38.1 Å². The first-order chi connectivity index (χ1) is 13.5. The summed E-state index contributed by atoms with van der Waals surface area (Å²) in [5.74, 6) is -0.389. The summed E-state index contributed by atoms with van der Waals surface area (Å²) in [7, 11) is 0. The fourth-order valence-electron chi connectivity index (χ4n) is 3.82. The highest BCUT2D eigenvalue weighted by atomic mass is 19.1. The fraction of sp³-hybridized carbons (Fsp3) is 0.304. The minimum absolute atomic E-state index is 0.0465. The lowest BCUT2D eigenvalue weighted by molar-refractivity contribution is 0.0715. The van der Waals surface area contributed by atoms with E-state index in [1.807, 2.05) is 30.9 Å². The van der Waals surface area contributed by atoms with Crippen LogP contribution in [-0.4, -0.2) is 33.7 Å². The Hall–Kier alpha value is -2.95. The third-order valence-corrected chi connectivity index (χ3v) is 5.30. The van der Waals surface area contributed by atoms with Crippen molar-refractivity contribution in [1.82, 2.24) is 14.7 Å². The van der Waals surface area contributed by atoms with Crippen LogP contribution in [0, 0.1) is 19.7 Å². The van der Waals surface area contributed by atoms with Crippen LogP contribution >= 0.6 is 0 Å². The van der Waals surface area contributed by atoms with E-state index in [0.717, 1.165) is 49.2 Å². The number of carbonyl (C=O) groups is 1. The second-order valence-corrected chi connectivity index (χ2v) is 7.45. The van der Waals surface area contributed by atoms with E-state index < -0.39 is 0 Å². The molecule has 5 heteroatoms. The average molecular weight is 377 g/mol. The number of hydrogen-bond acceptors (Lipinski definition) is 2. The molecule has 1 amide bonds. The third kappa shape index (κ3) is 3.44. The second-order valence-electron chi connectivity index (χ2n) is 7.45. The molecule has 0 N–H and O–H groups in total. The molecule has 0 spiro atoms. The molecule has 1 aromatic heterocycles. The van der Waals surface area contributed by atoms with Gasteiger partial charge in [0.2, 0.25) is 0 Å². The highest BCUT2D eigenvalue weighted by Crippen LogP contribution is 2.27. The summed E-state index contributed by atoms with van der Waals surface area (Å²) in [6.07, 6.45) is 3.19. The van der Waals surface area contributed by atoms with Crippen molar-refractivity contribution in [2.75, 3.05) is 13.1 Å². The van der Waals surface area contributed by atoms with Gasteiger partial charge in [-0.3, -0.25) is 4.79 Å². The van der Waals surface area contributed by atoms with Gasteiger partial charge in [0.05, 0.1) is 11.4 Å². The quantitative estimate of drug-likeness (QED) is 0.650. The Kier molecular flexibility index (Phi) is 4.99. The number of hydrogen-bond donors (Lipinski definition) is 0. The number of aryl methyl sites for hydroxylation is 2. The van der Waals surface area contributed by atoms with Crippen LogP contribution in [0.4, 0.5) is 4.39 Å². The molecule has 4 rings (SSSR count). The smallest absolute Gasteiger partial charge is 0.272 e. The van der Waals surface area contributed by atoms with Gasteiger partial charge in [-0.25, -0.2) is 9.07 Å². The molecule has 3 aromatic rings. The number of benzene rings is 2. The van der Waals surface area contributed by atoms with Crippen molar-refractivity contribution in [2.24, 2.45) is 0 Å². The van der Waals surface area contributed by atoms with E-state index >= 15 is 0 Å². The SMILES string of the molecule is Cc1ccc(-n2nc(-c3ccccc3F)cc2C(=O)N2CCCCC2)c(C)c1. The zero-order chi connectivity index (χ0) is 19.7. The molecule has 28 heavy (non-hydrogen) atoms. The molecule has 1 aliphatic heterocycles. The predicted octanol–water partition coefficient (Wildman–Crippen LogP) is 4.92. The summed E-state index contributed by atoms with van der Waals surface area (Å²) in [6, 6.07) is 14.3. The zero-order valence-corrected chi connectivity index (χ0v) is 16.3. The third-order valence-electron chi connectivity index (χ3n) is 5.30. The molecule has 2 aromatic carbocycles. The minimum Gasteiger partial charge on any atom is -0.337 e. The first-order valence-corrected chi connectivity index (χ1v) is 9.76. The molecule has 0 atom stereocenters. The van der Waals surface area contributed by atoms with Crippen LogP contribution in [0.15, 0.2) is 48.5 Å². The van der Waals surface area contributed by atoms with E-state index in [1.165, 1.54) is 6.07 Å². The summed E-state index contributed by atoms with van der Waals surface area (Å²) in [5, 5.41) is 4.65. The highest BCUT2D eigenvalue weighted by Gasteiger charge is 2.25. The molecule has 4 nitrogen and oxygen atoms in total. The number of piperidine rings is 1. The Morgan fingerprint density at radius 1 is 1.00 bits per heavy atom. The van der Waals surface area contributed by atoms with E-state index in [0.29, 0.717) is 17.0 Å². The molecule has 0 unspecified atom stereocenters. The Morgan fingerprint density at radius 3 is 2.46 bits per heavy atom. The Balaban J connectivity index is 1.85. The highest BCUT2D eigenvalue weighted by molar-refractivity contribution is 5.94. The van der Waals surface area contributed by atoms with Gasteiger partial charge in [0.1, 0.15) is 11.5 Å². The molecule has 0 bridgehead atoms. The lowest BCUT2D eigenvalue weighted by Gasteiger charge is -2.26. The van der Waals surface area contributed by atoms with Gasteiger partial charge < -0.3 is 4.90 Å².